The Balaban J connectivity index is 1.30. The number of likely N-dealkylation sites (tertiary alicyclic amines) is 1. The molecule has 2 aromatic heterocycles. The van der Waals surface area contributed by atoms with Crippen molar-refractivity contribution in [2.24, 2.45) is 0 Å². The van der Waals surface area contributed by atoms with E-state index in [2.05, 4.69) is 6.07 Å². The Kier molecular flexibility index (Phi) is 5.38. The van der Waals surface area contributed by atoms with E-state index in [0.717, 1.165) is 36.2 Å². The number of amides is 1. The highest BCUT2D eigenvalue weighted by molar-refractivity contribution is 7.89. The van der Waals surface area contributed by atoms with Gasteiger partial charge in [0.1, 0.15) is 9.77 Å². The van der Waals surface area contributed by atoms with Crippen molar-refractivity contribution in [3.05, 3.63) is 45.6 Å². The van der Waals surface area contributed by atoms with E-state index in [9.17, 15) is 13.2 Å². The third-order valence-electron chi connectivity index (χ3n) is 5.95. The molecule has 0 unspecified atom stereocenters. The van der Waals surface area contributed by atoms with Gasteiger partial charge >= 0.3 is 0 Å². The smallest absolute Gasteiger partial charge is 0.265 e. The van der Waals surface area contributed by atoms with Crippen molar-refractivity contribution in [2.75, 3.05) is 26.2 Å². The van der Waals surface area contributed by atoms with Gasteiger partial charge in [-0.15, -0.1) is 22.7 Å². The van der Waals surface area contributed by atoms with E-state index in [4.69, 9.17) is 4.98 Å². The second-order valence-electron chi connectivity index (χ2n) is 7.81. The molecule has 4 heterocycles. The van der Waals surface area contributed by atoms with Gasteiger partial charge in [0.2, 0.25) is 10.0 Å². The van der Waals surface area contributed by atoms with E-state index in [1.54, 1.807) is 27.7 Å². The fraction of sp³-hybridized carbons (Fsp3) is 0.429. The van der Waals surface area contributed by atoms with Crippen molar-refractivity contribution in [3.8, 4) is 0 Å². The van der Waals surface area contributed by atoms with Gasteiger partial charge in [0.05, 0.1) is 15.2 Å². The zero-order valence-corrected chi connectivity index (χ0v) is 18.9. The first-order chi connectivity index (χ1) is 14.5. The number of sulfonamides is 1. The van der Waals surface area contributed by atoms with Crippen LogP contribution in [0.1, 0.15) is 46.3 Å². The van der Waals surface area contributed by atoms with Crippen LogP contribution in [0.3, 0.4) is 0 Å². The highest BCUT2D eigenvalue weighted by Gasteiger charge is 2.34. The normalized spacial score (nSPS) is 19.0. The molecule has 5 rings (SSSR count). The summed E-state index contributed by atoms with van der Waals surface area (Å²) in [6.45, 7) is 2.33. The van der Waals surface area contributed by atoms with E-state index in [1.807, 2.05) is 18.2 Å². The monoisotopic (exact) mass is 461 g/mol. The van der Waals surface area contributed by atoms with E-state index in [1.165, 1.54) is 20.3 Å². The maximum Gasteiger partial charge on any atom is 0.265 e. The first kappa shape index (κ1) is 20.1. The molecule has 0 bridgehead atoms. The Hall–Kier alpha value is -1.81. The van der Waals surface area contributed by atoms with Gasteiger partial charge in [-0.2, -0.15) is 4.31 Å². The summed E-state index contributed by atoms with van der Waals surface area (Å²) in [5.74, 6) is 0.188. The molecular weight excluding hydrogens is 438 g/mol. The summed E-state index contributed by atoms with van der Waals surface area (Å²) >= 11 is 2.96. The van der Waals surface area contributed by atoms with Crippen LogP contribution in [-0.4, -0.2) is 54.7 Å². The highest BCUT2D eigenvalue weighted by Crippen LogP contribution is 2.35. The number of carbonyl (C=O) groups excluding carboxylic acids is 1. The van der Waals surface area contributed by atoms with Gasteiger partial charge < -0.3 is 4.90 Å². The maximum atomic E-state index is 13.2. The minimum absolute atomic E-state index is 0.162. The summed E-state index contributed by atoms with van der Waals surface area (Å²) in [6, 6.07) is 9.74. The topological polar surface area (TPSA) is 70.6 Å². The molecule has 0 saturated carbocycles. The molecule has 3 aromatic rings. The Bertz CT molecular complexity index is 1140. The molecule has 2 aliphatic heterocycles. The molecule has 158 valence electrons. The van der Waals surface area contributed by atoms with Crippen molar-refractivity contribution in [1.82, 2.24) is 14.2 Å². The predicted octanol–water partition coefficient (Wildman–Crippen LogP) is 4.16. The van der Waals surface area contributed by atoms with Crippen LogP contribution in [0.15, 0.2) is 40.6 Å². The number of para-hydroxylation sites is 1. The quantitative estimate of drug-likeness (QED) is 0.585. The average Bonchev–Trinajstić information content (AvgIpc) is 3.53. The number of aromatic nitrogens is 1. The zero-order chi connectivity index (χ0) is 20.7. The minimum Gasteiger partial charge on any atom is -0.338 e. The van der Waals surface area contributed by atoms with Crippen LogP contribution in [0.25, 0.3) is 10.2 Å². The van der Waals surface area contributed by atoms with E-state index < -0.39 is 10.0 Å². The van der Waals surface area contributed by atoms with Crippen LogP contribution < -0.4 is 0 Å². The van der Waals surface area contributed by atoms with E-state index in [-0.39, 0.29) is 10.8 Å². The number of hydrogen-bond acceptors (Lipinski definition) is 6. The molecule has 2 fully saturated rings. The lowest BCUT2D eigenvalue weighted by atomic mass is 9.97. The molecule has 0 spiro atoms. The van der Waals surface area contributed by atoms with Gasteiger partial charge in [-0.3, -0.25) is 4.79 Å². The fourth-order valence-corrected chi connectivity index (χ4v) is 8.28. The van der Waals surface area contributed by atoms with Crippen molar-refractivity contribution in [2.45, 2.75) is 36.5 Å². The summed E-state index contributed by atoms with van der Waals surface area (Å²) < 4.78 is 28.7. The molecule has 6 nitrogen and oxygen atoms in total. The molecule has 0 aliphatic carbocycles. The molecule has 0 atom stereocenters. The van der Waals surface area contributed by atoms with Crippen molar-refractivity contribution >= 4 is 48.8 Å². The minimum atomic E-state index is -3.59. The molecule has 1 amide bonds. The van der Waals surface area contributed by atoms with Crippen LogP contribution in [-0.2, 0) is 10.0 Å². The number of carbonyl (C=O) groups is 1. The lowest BCUT2D eigenvalue weighted by Gasteiger charge is -2.31. The summed E-state index contributed by atoms with van der Waals surface area (Å²) in [7, 11) is -3.59. The Labute approximate surface area is 184 Å². The summed E-state index contributed by atoms with van der Waals surface area (Å²) in [5.41, 5.74) is 1.03. The largest absolute Gasteiger partial charge is 0.338 e. The fourth-order valence-electron chi connectivity index (χ4n) is 4.26. The number of benzene rings is 1. The highest BCUT2D eigenvalue weighted by atomic mass is 32.2. The van der Waals surface area contributed by atoms with Crippen molar-refractivity contribution in [1.29, 1.82) is 0 Å². The van der Waals surface area contributed by atoms with Crippen LogP contribution in [0.5, 0.6) is 0 Å². The number of fused-ring (bicyclic) bond motifs is 1. The third kappa shape index (κ3) is 3.57. The van der Waals surface area contributed by atoms with Gasteiger partial charge in [0.25, 0.3) is 5.91 Å². The second-order valence-corrected chi connectivity index (χ2v) is 11.7. The Morgan fingerprint density at radius 3 is 2.50 bits per heavy atom. The number of nitrogens with zero attached hydrogens (tertiary/aromatic N) is 3. The molecule has 1 aromatic carbocycles. The molecule has 30 heavy (non-hydrogen) atoms. The number of piperidine rings is 1. The van der Waals surface area contributed by atoms with Crippen molar-refractivity contribution in [3.63, 3.8) is 0 Å². The number of hydrogen-bond donors (Lipinski definition) is 0. The van der Waals surface area contributed by atoms with Gasteiger partial charge in [0.15, 0.2) is 0 Å². The van der Waals surface area contributed by atoms with Crippen LogP contribution in [0, 0.1) is 0 Å². The standard InChI is InChI=1S/C21H23N3O3S3/c25-21(19-18(9-14-28-19)30(26,27)24-10-3-4-11-24)23-12-7-15(8-13-23)20-22-16-5-1-2-6-17(16)29-20/h1-2,5-6,9,14-15H,3-4,7-8,10-13H2. The molecule has 2 saturated heterocycles. The second kappa shape index (κ2) is 8.03. The van der Waals surface area contributed by atoms with E-state index in [0.29, 0.717) is 37.0 Å². The summed E-state index contributed by atoms with van der Waals surface area (Å²) in [5, 5.41) is 2.85. The van der Waals surface area contributed by atoms with Crippen LogP contribution >= 0.6 is 22.7 Å². The third-order valence-corrected chi connectivity index (χ3v) is 10.1. The SMILES string of the molecule is O=C(c1sccc1S(=O)(=O)N1CCCC1)N1CCC(c2nc3ccccc3s2)CC1. The average molecular weight is 462 g/mol. The molecule has 0 N–H and O–H groups in total. The lowest BCUT2D eigenvalue weighted by molar-refractivity contribution is 0.0714. The number of rotatable bonds is 4. The summed E-state index contributed by atoms with van der Waals surface area (Å²) in [6.07, 6.45) is 3.47. The molecule has 2 aliphatic rings. The molecule has 0 radical (unpaired) electrons. The zero-order valence-electron chi connectivity index (χ0n) is 16.5. The van der Waals surface area contributed by atoms with Gasteiger partial charge in [-0.25, -0.2) is 13.4 Å². The number of thiophene rings is 1. The van der Waals surface area contributed by atoms with Crippen LogP contribution in [0.2, 0.25) is 0 Å². The maximum absolute atomic E-state index is 13.2. The van der Waals surface area contributed by atoms with Crippen LogP contribution in [0.4, 0.5) is 0 Å². The van der Waals surface area contributed by atoms with Gasteiger partial charge in [0, 0.05) is 32.1 Å². The number of thiazole rings is 1. The first-order valence-electron chi connectivity index (χ1n) is 10.3. The first-order valence-corrected chi connectivity index (χ1v) is 13.4. The predicted molar refractivity (Wildman–Crippen MR) is 120 cm³/mol. The lowest BCUT2D eigenvalue weighted by Crippen LogP contribution is -2.38. The van der Waals surface area contributed by atoms with Crippen molar-refractivity contribution < 1.29 is 13.2 Å². The van der Waals surface area contributed by atoms with E-state index >= 15 is 0 Å². The summed E-state index contributed by atoms with van der Waals surface area (Å²) in [4.78, 5) is 20.3. The Morgan fingerprint density at radius 2 is 1.77 bits per heavy atom. The molecular formula is C21H23N3O3S3. The molecule has 9 heteroatoms. The Morgan fingerprint density at radius 1 is 1.03 bits per heavy atom. The van der Waals surface area contributed by atoms with Gasteiger partial charge in [-0.05, 0) is 49.3 Å². The van der Waals surface area contributed by atoms with Gasteiger partial charge in [-0.1, -0.05) is 12.1 Å².